The lowest BCUT2D eigenvalue weighted by molar-refractivity contribution is -0.131. The maximum absolute atomic E-state index is 12.5. The lowest BCUT2D eigenvalue weighted by Gasteiger charge is -2.09. The minimum Gasteiger partial charge on any atom is -0.494 e. The lowest BCUT2D eigenvalue weighted by Crippen LogP contribution is -2.08. The first kappa shape index (κ1) is 24.5. The Morgan fingerprint density at radius 2 is 1.43 bits per heavy atom. The van der Waals surface area contributed by atoms with Crippen LogP contribution in [0.5, 0.6) is 17.2 Å². The van der Waals surface area contributed by atoms with Gasteiger partial charge in [0.05, 0.1) is 18.6 Å². The van der Waals surface area contributed by atoms with Crippen molar-refractivity contribution < 1.29 is 23.8 Å². The standard InChI is InChI=1S/C30H32O5/c1-2-3-4-5-6-7-8-19-33-26-16-13-23(14-17-26)22-9-11-24(12-10-22)30(32)34-27-18-15-25-20-29(31)35-28(25)21-27/h9-18,21H,2-8,19-20H2,1H3. The van der Waals surface area contributed by atoms with Gasteiger partial charge in [-0.25, -0.2) is 4.79 Å². The molecule has 0 amide bonds. The van der Waals surface area contributed by atoms with Crippen LogP contribution in [0.2, 0.25) is 0 Å². The summed E-state index contributed by atoms with van der Waals surface area (Å²) < 4.78 is 16.4. The van der Waals surface area contributed by atoms with Crippen molar-refractivity contribution >= 4 is 11.9 Å². The number of fused-ring (bicyclic) bond motifs is 1. The van der Waals surface area contributed by atoms with Gasteiger partial charge in [-0.2, -0.15) is 0 Å². The van der Waals surface area contributed by atoms with E-state index in [2.05, 4.69) is 6.92 Å². The Bertz CT molecular complexity index is 1130. The molecular formula is C30H32O5. The van der Waals surface area contributed by atoms with Crippen LogP contribution in [-0.2, 0) is 11.2 Å². The number of hydrogen-bond donors (Lipinski definition) is 0. The number of esters is 2. The van der Waals surface area contributed by atoms with Gasteiger partial charge in [0.1, 0.15) is 17.2 Å². The summed E-state index contributed by atoms with van der Waals surface area (Å²) in [5.41, 5.74) is 3.30. The largest absolute Gasteiger partial charge is 0.494 e. The summed E-state index contributed by atoms with van der Waals surface area (Å²) in [6.45, 7) is 2.99. The summed E-state index contributed by atoms with van der Waals surface area (Å²) in [5.74, 6) is 0.909. The molecule has 1 aliphatic rings. The summed E-state index contributed by atoms with van der Waals surface area (Å²) in [6.07, 6.45) is 9.12. The van der Waals surface area contributed by atoms with Crippen LogP contribution >= 0.6 is 0 Å². The van der Waals surface area contributed by atoms with Crippen LogP contribution in [0.3, 0.4) is 0 Å². The fourth-order valence-electron chi connectivity index (χ4n) is 4.11. The second-order valence-electron chi connectivity index (χ2n) is 8.88. The zero-order valence-corrected chi connectivity index (χ0v) is 20.3. The second-order valence-corrected chi connectivity index (χ2v) is 8.88. The molecule has 3 aromatic carbocycles. The number of carbonyl (C=O) groups is 2. The van der Waals surface area contributed by atoms with E-state index in [9.17, 15) is 9.59 Å². The minimum absolute atomic E-state index is 0.247. The Morgan fingerprint density at radius 1 is 0.800 bits per heavy atom. The Balaban J connectivity index is 1.25. The minimum atomic E-state index is -0.463. The molecule has 0 bridgehead atoms. The van der Waals surface area contributed by atoms with Gasteiger partial charge in [0, 0.05) is 11.6 Å². The molecule has 0 N–H and O–H groups in total. The van der Waals surface area contributed by atoms with Gasteiger partial charge in [-0.05, 0) is 47.9 Å². The summed E-state index contributed by atoms with van der Waals surface area (Å²) in [5, 5.41) is 0. The fraction of sp³-hybridized carbons (Fsp3) is 0.333. The maximum atomic E-state index is 12.5. The average molecular weight is 473 g/mol. The summed E-state index contributed by atoms with van der Waals surface area (Å²) in [6, 6.07) is 20.3. The van der Waals surface area contributed by atoms with Gasteiger partial charge in [-0.15, -0.1) is 0 Å². The van der Waals surface area contributed by atoms with Crippen molar-refractivity contribution in [1.82, 2.24) is 0 Å². The molecule has 0 unspecified atom stereocenters. The van der Waals surface area contributed by atoms with E-state index in [1.807, 2.05) is 36.4 Å². The van der Waals surface area contributed by atoms with Crippen LogP contribution in [0.1, 0.15) is 67.8 Å². The molecule has 4 rings (SSSR count). The highest BCUT2D eigenvalue weighted by Crippen LogP contribution is 2.30. The molecule has 0 spiro atoms. The summed E-state index contributed by atoms with van der Waals surface area (Å²) >= 11 is 0. The fourth-order valence-corrected chi connectivity index (χ4v) is 4.11. The molecule has 35 heavy (non-hydrogen) atoms. The molecule has 0 saturated carbocycles. The predicted octanol–water partition coefficient (Wildman–Crippen LogP) is 7.16. The van der Waals surface area contributed by atoms with Crippen LogP contribution < -0.4 is 14.2 Å². The van der Waals surface area contributed by atoms with E-state index >= 15 is 0 Å². The number of ether oxygens (including phenoxy) is 3. The smallest absolute Gasteiger partial charge is 0.343 e. The quantitative estimate of drug-likeness (QED) is 0.159. The lowest BCUT2D eigenvalue weighted by atomic mass is 10.0. The van der Waals surface area contributed by atoms with Crippen molar-refractivity contribution in [1.29, 1.82) is 0 Å². The molecule has 0 radical (unpaired) electrons. The summed E-state index contributed by atoms with van der Waals surface area (Å²) in [7, 11) is 0. The first-order chi connectivity index (χ1) is 17.1. The highest BCUT2D eigenvalue weighted by molar-refractivity contribution is 5.92. The molecule has 1 aliphatic heterocycles. The molecule has 0 aliphatic carbocycles. The summed E-state index contributed by atoms with van der Waals surface area (Å²) in [4.78, 5) is 23.9. The Hall–Kier alpha value is -3.60. The zero-order chi connectivity index (χ0) is 24.5. The van der Waals surface area contributed by atoms with Crippen LogP contribution in [0.15, 0.2) is 66.7 Å². The third-order valence-electron chi connectivity index (χ3n) is 6.13. The number of unbranched alkanes of at least 4 members (excludes halogenated alkanes) is 6. The number of carbonyl (C=O) groups excluding carboxylic acids is 2. The molecular weight excluding hydrogens is 440 g/mol. The van der Waals surface area contributed by atoms with Gasteiger partial charge in [0.15, 0.2) is 0 Å². The van der Waals surface area contributed by atoms with E-state index in [1.54, 1.807) is 30.3 Å². The molecule has 5 heteroatoms. The molecule has 0 aromatic heterocycles. The van der Waals surface area contributed by atoms with E-state index in [1.165, 1.54) is 38.5 Å². The molecule has 0 atom stereocenters. The predicted molar refractivity (Wildman–Crippen MR) is 136 cm³/mol. The molecule has 5 nitrogen and oxygen atoms in total. The van der Waals surface area contributed by atoms with Gasteiger partial charge in [-0.1, -0.05) is 75.8 Å². The van der Waals surface area contributed by atoms with Crippen molar-refractivity contribution in [3.05, 3.63) is 77.9 Å². The van der Waals surface area contributed by atoms with Crippen molar-refractivity contribution in [2.24, 2.45) is 0 Å². The van der Waals surface area contributed by atoms with Crippen LogP contribution in [0.4, 0.5) is 0 Å². The van der Waals surface area contributed by atoms with Crippen LogP contribution in [0, 0.1) is 0 Å². The maximum Gasteiger partial charge on any atom is 0.343 e. The van der Waals surface area contributed by atoms with Gasteiger partial charge in [0.2, 0.25) is 0 Å². The van der Waals surface area contributed by atoms with Crippen molar-refractivity contribution in [3.8, 4) is 28.4 Å². The van der Waals surface area contributed by atoms with E-state index in [0.29, 0.717) is 17.1 Å². The number of rotatable bonds is 12. The van der Waals surface area contributed by atoms with Gasteiger partial charge >= 0.3 is 11.9 Å². The molecule has 3 aromatic rings. The van der Waals surface area contributed by atoms with Gasteiger partial charge in [-0.3, -0.25) is 4.79 Å². The topological polar surface area (TPSA) is 61.8 Å². The molecule has 1 heterocycles. The van der Waals surface area contributed by atoms with E-state index < -0.39 is 5.97 Å². The van der Waals surface area contributed by atoms with Crippen molar-refractivity contribution in [3.63, 3.8) is 0 Å². The average Bonchev–Trinajstić information content (AvgIpc) is 3.25. The van der Waals surface area contributed by atoms with Crippen molar-refractivity contribution in [2.45, 2.75) is 58.3 Å². The van der Waals surface area contributed by atoms with E-state index in [0.717, 1.165) is 35.5 Å². The van der Waals surface area contributed by atoms with Gasteiger partial charge in [0.25, 0.3) is 0 Å². The number of hydrogen-bond acceptors (Lipinski definition) is 5. The van der Waals surface area contributed by atoms with Crippen LogP contribution in [-0.4, -0.2) is 18.5 Å². The SMILES string of the molecule is CCCCCCCCCOc1ccc(-c2ccc(C(=O)Oc3ccc4c(c3)OC(=O)C4)cc2)cc1. The highest BCUT2D eigenvalue weighted by atomic mass is 16.5. The Labute approximate surface area is 207 Å². The van der Waals surface area contributed by atoms with Crippen LogP contribution in [0.25, 0.3) is 11.1 Å². The normalized spacial score (nSPS) is 12.2. The van der Waals surface area contributed by atoms with E-state index in [-0.39, 0.29) is 12.4 Å². The first-order valence-corrected chi connectivity index (χ1v) is 12.5. The Morgan fingerprint density at radius 3 is 2.14 bits per heavy atom. The Kier molecular flexibility index (Phi) is 8.55. The monoisotopic (exact) mass is 472 g/mol. The molecule has 182 valence electrons. The second kappa shape index (κ2) is 12.2. The van der Waals surface area contributed by atoms with Gasteiger partial charge < -0.3 is 14.2 Å². The molecule has 0 saturated heterocycles. The van der Waals surface area contributed by atoms with Crippen molar-refractivity contribution in [2.75, 3.05) is 6.61 Å². The third kappa shape index (κ3) is 6.95. The zero-order valence-electron chi connectivity index (χ0n) is 20.3. The third-order valence-corrected chi connectivity index (χ3v) is 6.13. The first-order valence-electron chi connectivity index (χ1n) is 12.5. The highest BCUT2D eigenvalue weighted by Gasteiger charge is 2.21. The number of benzene rings is 3. The molecule has 0 fully saturated rings. The van der Waals surface area contributed by atoms with E-state index in [4.69, 9.17) is 14.2 Å².